The lowest BCUT2D eigenvalue weighted by Crippen LogP contribution is -2.56. The Morgan fingerprint density at radius 3 is 2.05 bits per heavy atom. The molecule has 2 N–H and O–H groups in total. The van der Waals surface area contributed by atoms with E-state index >= 15 is 0 Å². The number of rotatable bonds is 9. The number of hydrogen-bond donors (Lipinski definition) is 2. The number of carboxylic acid groups (broad SMARTS) is 1. The zero-order valence-electron chi connectivity index (χ0n) is 22.6. The van der Waals surface area contributed by atoms with Crippen LogP contribution in [0.4, 0.5) is 11.4 Å². The molecule has 7 nitrogen and oxygen atoms in total. The first-order valence-corrected chi connectivity index (χ1v) is 17.3. The van der Waals surface area contributed by atoms with Gasteiger partial charge in [0.15, 0.2) is 0 Å². The fraction of sp³-hybridized carbons (Fsp3) is 0.630. The minimum atomic E-state index is -3.53. The Hall–Kier alpha value is -2.02. The van der Waals surface area contributed by atoms with E-state index in [1.807, 2.05) is 0 Å². The summed E-state index contributed by atoms with van der Waals surface area (Å²) >= 11 is 6.47. The molecule has 37 heavy (non-hydrogen) atoms. The number of anilines is 2. The number of amides is 1. The fourth-order valence-corrected chi connectivity index (χ4v) is 12.9. The van der Waals surface area contributed by atoms with Gasteiger partial charge in [0, 0.05) is 5.69 Å². The van der Waals surface area contributed by atoms with E-state index in [2.05, 4.69) is 57.7 Å². The van der Waals surface area contributed by atoms with Crippen LogP contribution >= 0.6 is 11.6 Å². The second-order valence-electron chi connectivity index (χ2n) is 11.3. The highest BCUT2D eigenvalue weighted by atomic mass is 35.5. The second kappa shape index (κ2) is 11.0. The molecular formula is C27H39ClN2O5SSi. The normalized spacial score (nSPS) is 17.6. The predicted octanol–water partition coefficient (Wildman–Crippen LogP) is 6.20. The molecule has 2 saturated carbocycles. The third kappa shape index (κ3) is 5.71. The standard InChI is InChI=1S/C27H39ClN2O5SSi/c1-18(2)37(19(3)4,20(5)6)16-13-25(31)30(27(26(32)33)14-7-8-15-27)21-9-12-24(23(28)17-21)29-36(34,35)22-10-11-22/h9,12,17-20,22,29H,7-8,10-11,14-15H2,1-6H3,(H,32,33). The van der Waals surface area contributed by atoms with Crippen molar-refractivity contribution in [2.24, 2.45) is 0 Å². The van der Waals surface area contributed by atoms with Crippen molar-refractivity contribution >= 4 is 52.9 Å². The van der Waals surface area contributed by atoms with E-state index in [1.165, 1.54) is 17.0 Å². The number of sulfonamides is 1. The molecule has 1 amide bonds. The molecule has 0 radical (unpaired) electrons. The molecule has 2 fully saturated rings. The third-order valence-electron chi connectivity index (χ3n) is 8.14. The van der Waals surface area contributed by atoms with E-state index in [9.17, 15) is 23.1 Å². The van der Waals surface area contributed by atoms with Crippen LogP contribution in [0.1, 0.15) is 80.1 Å². The molecule has 0 aliphatic heterocycles. The van der Waals surface area contributed by atoms with Gasteiger partial charge in [0.1, 0.15) is 13.6 Å². The highest BCUT2D eigenvalue weighted by Crippen LogP contribution is 2.43. The lowest BCUT2D eigenvalue weighted by atomic mass is 9.94. The van der Waals surface area contributed by atoms with E-state index in [4.69, 9.17) is 11.6 Å². The van der Waals surface area contributed by atoms with E-state index in [-0.39, 0.29) is 10.7 Å². The summed E-state index contributed by atoms with van der Waals surface area (Å²) in [6.45, 7) is 12.9. The van der Waals surface area contributed by atoms with Crippen LogP contribution in [0.25, 0.3) is 0 Å². The van der Waals surface area contributed by atoms with E-state index in [0.29, 0.717) is 60.8 Å². The fourth-order valence-electron chi connectivity index (χ4n) is 6.04. The average molecular weight is 567 g/mol. The zero-order chi connectivity index (χ0) is 27.8. The minimum Gasteiger partial charge on any atom is -0.479 e. The van der Waals surface area contributed by atoms with Crippen molar-refractivity contribution < 1.29 is 23.1 Å². The summed E-state index contributed by atoms with van der Waals surface area (Å²) in [5.74, 6) is 1.26. The molecule has 0 bridgehead atoms. The zero-order valence-corrected chi connectivity index (χ0v) is 25.2. The van der Waals surface area contributed by atoms with Gasteiger partial charge in [-0.25, -0.2) is 13.2 Å². The van der Waals surface area contributed by atoms with Crippen LogP contribution < -0.4 is 9.62 Å². The summed E-state index contributed by atoms with van der Waals surface area (Å²) in [6, 6.07) is 4.51. The minimum absolute atomic E-state index is 0.0984. The van der Waals surface area contributed by atoms with Gasteiger partial charge in [-0.2, -0.15) is 0 Å². The molecule has 1 aromatic carbocycles. The number of nitrogens with zero attached hydrogens (tertiary/aromatic N) is 1. The van der Waals surface area contributed by atoms with E-state index < -0.39 is 40.8 Å². The first-order chi connectivity index (χ1) is 17.2. The Morgan fingerprint density at radius 2 is 1.62 bits per heavy atom. The average Bonchev–Trinajstić information content (AvgIpc) is 3.55. The molecule has 3 rings (SSSR count). The molecule has 0 atom stereocenters. The van der Waals surface area contributed by atoms with Crippen molar-refractivity contribution in [3.63, 3.8) is 0 Å². The summed E-state index contributed by atoms with van der Waals surface area (Å²) in [5, 5.41) is 10.0. The Morgan fingerprint density at radius 1 is 1.08 bits per heavy atom. The van der Waals surface area contributed by atoms with Gasteiger partial charge >= 0.3 is 11.9 Å². The van der Waals surface area contributed by atoms with Crippen molar-refractivity contribution in [3.05, 3.63) is 23.2 Å². The molecule has 10 heteroatoms. The summed E-state index contributed by atoms with van der Waals surface area (Å²) in [4.78, 5) is 27.8. The monoisotopic (exact) mass is 566 g/mol. The van der Waals surface area contributed by atoms with Crippen molar-refractivity contribution in [3.8, 4) is 11.5 Å². The van der Waals surface area contributed by atoms with Crippen LogP contribution in [0, 0.1) is 11.5 Å². The Labute approximate surface area is 227 Å². The lowest BCUT2D eigenvalue weighted by molar-refractivity contribution is -0.144. The molecule has 0 aromatic heterocycles. The van der Waals surface area contributed by atoms with Gasteiger partial charge in [0.2, 0.25) is 10.0 Å². The highest BCUT2D eigenvalue weighted by molar-refractivity contribution is 7.93. The number of benzene rings is 1. The van der Waals surface area contributed by atoms with E-state index in [1.54, 1.807) is 6.07 Å². The second-order valence-corrected chi connectivity index (χ2v) is 19.3. The van der Waals surface area contributed by atoms with Gasteiger partial charge in [-0.15, -0.1) is 5.54 Å². The first-order valence-electron chi connectivity index (χ1n) is 13.1. The van der Waals surface area contributed by atoms with Crippen LogP contribution in [0.3, 0.4) is 0 Å². The van der Waals surface area contributed by atoms with Crippen molar-refractivity contribution in [2.75, 3.05) is 9.62 Å². The van der Waals surface area contributed by atoms with Crippen LogP contribution in [0.15, 0.2) is 18.2 Å². The van der Waals surface area contributed by atoms with Crippen LogP contribution in [-0.2, 0) is 19.6 Å². The summed E-state index contributed by atoms with van der Waals surface area (Å²) in [5.41, 5.74) is 3.44. The maximum absolute atomic E-state index is 13.8. The maximum atomic E-state index is 13.8. The van der Waals surface area contributed by atoms with Gasteiger partial charge in [-0.3, -0.25) is 14.4 Å². The van der Waals surface area contributed by atoms with Gasteiger partial charge in [0.05, 0.1) is 16.0 Å². The molecule has 0 unspecified atom stereocenters. The predicted molar refractivity (Wildman–Crippen MR) is 152 cm³/mol. The Balaban J connectivity index is 2.09. The topological polar surface area (TPSA) is 104 Å². The molecule has 1 aromatic rings. The number of halogens is 1. The number of carbonyl (C=O) groups excluding carboxylic acids is 1. The number of nitrogens with one attached hydrogen (secondary N) is 1. The number of carboxylic acids is 1. The molecule has 0 spiro atoms. The number of aliphatic carboxylic acids is 1. The Bertz CT molecular complexity index is 1190. The van der Waals surface area contributed by atoms with Gasteiger partial charge in [-0.1, -0.05) is 66.0 Å². The molecule has 0 saturated heterocycles. The summed E-state index contributed by atoms with van der Waals surface area (Å²) in [7, 11) is -5.77. The number of hydrogen-bond acceptors (Lipinski definition) is 4. The number of carbonyl (C=O) groups is 2. The van der Waals surface area contributed by atoms with Crippen molar-refractivity contribution in [2.45, 2.75) is 107 Å². The smallest absolute Gasteiger partial charge is 0.330 e. The quantitative estimate of drug-likeness (QED) is 0.274. The lowest BCUT2D eigenvalue weighted by Gasteiger charge is -2.39. The maximum Gasteiger partial charge on any atom is 0.330 e. The highest BCUT2D eigenvalue weighted by Gasteiger charge is 2.50. The molecular weight excluding hydrogens is 528 g/mol. The molecule has 0 heterocycles. The molecule has 2 aliphatic carbocycles. The first kappa shape index (κ1) is 29.5. The third-order valence-corrected chi connectivity index (χ3v) is 16.6. The van der Waals surface area contributed by atoms with Gasteiger partial charge in [0.25, 0.3) is 0 Å². The largest absolute Gasteiger partial charge is 0.479 e. The van der Waals surface area contributed by atoms with Crippen LogP contribution in [0.5, 0.6) is 0 Å². The van der Waals surface area contributed by atoms with Crippen molar-refractivity contribution in [1.29, 1.82) is 0 Å². The summed E-state index contributed by atoms with van der Waals surface area (Å²) < 4.78 is 27.3. The van der Waals surface area contributed by atoms with Crippen LogP contribution in [-0.4, -0.2) is 44.3 Å². The van der Waals surface area contributed by atoms with Gasteiger partial charge < -0.3 is 5.11 Å². The summed E-state index contributed by atoms with van der Waals surface area (Å²) in [6.07, 6.45) is 3.20. The Kier molecular flexibility index (Phi) is 8.77. The van der Waals surface area contributed by atoms with Gasteiger partial charge in [-0.05, 0) is 66.4 Å². The molecule has 204 valence electrons. The van der Waals surface area contributed by atoms with Crippen molar-refractivity contribution in [1.82, 2.24) is 0 Å². The van der Waals surface area contributed by atoms with Crippen LogP contribution in [0.2, 0.25) is 21.6 Å². The van der Waals surface area contributed by atoms with E-state index in [0.717, 1.165) is 0 Å². The SMILES string of the molecule is CC(C)[Si](C#CC(=O)N(c1ccc(NS(=O)(=O)C2CC2)c(Cl)c1)C1(C(=O)O)CCCC1)(C(C)C)C(C)C. The molecule has 2 aliphatic rings.